The van der Waals surface area contributed by atoms with Gasteiger partial charge in [0.05, 0.1) is 6.10 Å². The summed E-state index contributed by atoms with van der Waals surface area (Å²) in [6.45, 7) is 1.60. The number of aliphatic hydroxyl groups is 1. The molecule has 2 atom stereocenters. The van der Waals surface area contributed by atoms with Gasteiger partial charge >= 0.3 is 0 Å². The zero-order valence-electron chi connectivity index (χ0n) is 7.17. The highest BCUT2D eigenvalue weighted by Gasteiger charge is 2.16. The maximum absolute atomic E-state index is 13.1. The average Bonchev–Trinajstić information content (AvgIpc) is 2.08. The number of halogens is 2. The van der Waals surface area contributed by atoms with E-state index in [1.54, 1.807) is 6.92 Å². The Morgan fingerprint density at radius 1 is 1.54 bits per heavy atom. The van der Waals surface area contributed by atoms with Crippen LogP contribution >= 0.6 is 11.6 Å². The third kappa shape index (κ3) is 2.40. The van der Waals surface area contributed by atoms with Gasteiger partial charge in [0.15, 0.2) is 0 Å². The summed E-state index contributed by atoms with van der Waals surface area (Å²) < 4.78 is 13.1. The first-order chi connectivity index (χ1) is 6.02. The fourth-order valence-corrected chi connectivity index (χ4v) is 1.21. The summed E-state index contributed by atoms with van der Waals surface area (Å²) in [5, 5.41) is 9.86. The van der Waals surface area contributed by atoms with Crippen LogP contribution in [0.25, 0.3) is 0 Å². The van der Waals surface area contributed by atoms with Crippen molar-refractivity contribution in [3.63, 3.8) is 0 Å². The van der Waals surface area contributed by atoms with Crippen molar-refractivity contribution < 1.29 is 9.50 Å². The van der Waals surface area contributed by atoms with Crippen LogP contribution in [0.3, 0.4) is 0 Å². The third-order valence-electron chi connectivity index (χ3n) is 1.77. The Hall–Kier alpha value is -0.640. The molecule has 0 saturated carbocycles. The van der Waals surface area contributed by atoms with Crippen LogP contribution in [0.4, 0.5) is 4.39 Å². The molecule has 1 aromatic rings. The van der Waals surface area contributed by atoms with Crippen molar-refractivity contribution in [3.8, 4) is 0 Å². The lowest BCUT2D eigenvalue weighted by atomic mass is 10.0. The summed E-state index contributed by atoms with van der Waals surface area (Å²) in [4.78, 5) is 0. The first kappa shape index (κ1) is 10.4. The van der Waals surface area contributed by atoms with Crippen LogP contribution in [-0.2, 0) is 0 Å². The number of benzene rings is 1. The van der Waals surface area contributed by atoms with Gasteiger partial charge in [-0.15, -0.1) is 0 Å². The first-order valence-corrected chi connectivity index (χ1v) is 4.28. The van der Waals surface area contributed by atoms with Gasteiger partial charge in [0.1, 0.15) is 5.82 Å². The van der Waals surface area contributed by atoms with E-state index >= 15 is 0 Å². The summed E-state index contributed by atoms with van der Waals surface area (Å²) in [7, 11) is 0. The highest BCUT2D eigenvalue weighted by molar-refractivity contribution is 6.30. The van der Waals surface area contributed by atoms with Gasteiger partial charge in [-0.1, -0.05) is 11.6 Å². The van der Waals surface area contributed by atoms with Crippen LogP contribution in [0, 0.1) is 5.82 Å². The molecular weight excluding hydrogens is 193 g/mol. The van der Waals surface area contributed by atoms with Crippen molar-refractivity contribution in [2.24, 2.45) is 5.73 Å². The molecule has 0 amide bonds. The quantitative estimate of drug-likeness (QED) is 0.771. The third-order valence-corrected chi connectivity index (χ3v) is 2.01. The van der Waals surface area contributed by atoms with E-state index in [-0.39, 0.29) is 5.56 Å². The van der Waals surface area contributed by atoms with E-state index in [4.69, 9.17) is 17.3 Å². The van der Waals surface area contributed by atoms with E-state index in [0.29, 0.717) is 5.02 Å². The molecule has 0 heterocycles. The Labute approximate surface area is 81.1 Å². The van der Waals surface area contributed by atoms with Crippen LogP contribution in [0.15, 0.2) is 18.2 Å². The largest absolute Gasteiger partial charge is 0.387 e. The van der Waals surface area contributed by atoms with Gasteiger partial charge in [0.2, 0.25) is 0 Å². The molecule has 0 saturated heterocycles. The van der Waals surface area contributed by atoms with Crippen LogP contribution in [0.5, 0.6) is 0 Å². The van der Waals surface area contributed by atoms with Crippen LogP contribution < -0.4 is 5.73 Å². The molecule has 13 heavy (non-hydrogen) atoms. The van der Waals surface area contributed by atoms with E-state index in [9.17, 15) is 9.50 Å². The van der Waals surface area contributed by atoms with Gasteiger partial charge in [-0.25, -0.2) is 4.39 Å². The van der Waals surface area contributed by atoms with Gasteiger partial charge < -0.3 is 10.8 Å². The lowest BCUT2D eigenvalue weighted by molar-refractivity contribution is 0.149. The maximum atomic E-state index is 13.1. The number of aliphatic hydroxyl groups excluding tert-OH is 1. The maximum Gasteiger partial charge on any atom is 0.129 e. The van der Waals surface area contributed by atoms with Crippen LogP contribution in [0.1, 0.15) is 18.6 Å². The molecule has 0 aromatic heterocycles. The number of nitrogens with two attached hydrogens (primary N) is 1. The van der Waals surface area contributed by atoms with E-state index in [0.717, 1.165) is 0 Å². The summed E-state index contributed by atoms with van der Waals surface area (Å²) in [6.07, 6.45) is -1.02. The van der Waals surface area contributed by atoms with Crippen molar-refractivity contribution in [1.82, 2.24) is 0 Å². The molecule has 0 fully saturated rings. The lowest BCUT2D eigenvalue weighted by Gasteiger charge is -2.15. The number of hydrogen-bond acceptors (Lipinski definition) is 2. The normalized spacial score (nSPS) is 15.5. The zero-order valence-corrected chi connectivity index (χ0v) is 7.92. The molecule has 0 aliphatic heterocycles. The van der Waals surface area contributed by atoms with Crippen molar-refractivity contribution in [1.29, 1.82) is 0 Å². The Morgan fingerprint density at radius 2 is 2.15 bits per heavy atom. The lowest BCUT2D eigenvalue weighted by Crippen LogP contribution is -2.25. The summed E-state index contributed by atoms with van der Waals surface area (Å²) in [6, 6.07) is 3.50. The topological polar surface area (TPSA) is 46.2 Å². The Morgan fingerprint density at radius 3 is 2.69 bits per heavy atom. The highest BCUT2D eigenvalue weighted by atomic mass is 35.5. The molecule has 72 valence electrons. The van der Waals surface area contributed by atoms with Crippen molar-refractivity contribution >= 4 is 11.6 Å². The Kier molecular flexibility index (Phi) is 3.25. The van der Waals surface area contributed by atoms with Crippen molar-refractivity contribution in [2.75, 3.05) is 0 Å². The molecule has 2 nitrogen and oxygen atoms in total. The smallest absolute Gasteiger partial charge is 0.129 e. The molecule has 3 N–H and O–H groups in total. The molecule has 1 rings (SSSR count). The van der Waals surface area contributed by atoms with Crippen molar-refractivity contribution in [2.45, 2.75) is 19.1 Å². The average molecular weight is 204 g/mol. The van der Waals surface area contributed by atoms with E-state index in [1.165, 1.54) is 18.2 Å². The van der Waals surface area contributed by atoms with Gasteiger partial charge in [-0.05, 0) is 25.1 Å². The minimum Gasteiger partial charge on any atom is -0.387 e. The second-order valence-electron chi connectivity index (χ2n) is 2.97. The number of hydrogen-bond donors (Lipinski definition) is 2. The molecule has 0 aliphatic rings. The Bertz CT molecular complexity index is 304. The SMILES string of the molecule is CC(N)C(O)c1cc(Cl)ccc1F. The first-order valence-electron chi connectivity index (χ1n) is 3.91. The molecule has 4 heteroatoms. The molecule has 0 aliphatic carbocycles. The van der Waals surface area contributed by atoms with E-state index in [1.807, 2.05) is 0 Å². The minimum absolute atomic E-state index is 0.141. The van der Waals surface area contributed by atoms with Gasteiger partial charge in [0, 0.05) is 16.6 Å². The van der Waals surface area contributed by atoms with E-state index in [2.05, 4.69) is 0 Å². The Balaban J connectivity index is 3.05. The fourth-order valence-electron chi connectivity index (χ4n) is 1.02. The van der Waals surface area contributed by atoms with Gasteiger partial charge in [-0.3, -0.25) is 0 Å². The fraction of sp³-hybridized carbons (Fsp3) is 0.333. The standard InChI is InChI=1S/C9H11ClFNO/c1-5(12)9(13)7-4-6(10)2-3-8(7)11/h2-5,9,13H,12H2,1H3. The second-order valence-corrected chi connectivity index (χ2v) is 3.41. The number of rotatable bonds is 2. The second kappa shape index (κ2) is 4.05. The molecule has 2 unspecified atom stereocenters. The van der Waals surface area contributed by atoms with Crippen molar-refractivity contribution in [3.05, 3.63) is 34.6 Å². The summed E-state index contributed by atoms with van der Waals surface area (Å²) >= 11 is 5.65. The minimum atomic E-state index is -1.02. The monoisotopic (exact) mass is 203 g/mol. The molecule has 0 bridgehead atoms. The predicted octanol–water partition coefficient (Wildman–Crippen LogP) is 1.86. The van der Waals surface area contributed by atoms with Crippen LogP contribution in [-0.4, -0.2) is 11.1 Å². The molecule has 1 aromatic carbocycles. The van der Waals surface area contributed by atoms with E-state index < -0.39 is 18.0 Å². The molecular formula is C9H11ClFNO. The highest BCUT2D eigenvalue weighted by Crippen LogP contribution is 2.22. The van der Waals surface area contributed by atoms with Gasteiger partial charge in [0.25, 0.3) is 0 Å². The summed E-state index contributed by atoms with van der Waals surface area (Å²) in [5.41, 5.74) is 5.57. The predicted molar refractivity (Wildman–Crippen MR) is 50.0 cm³/mol. The zero-order chi connectivity index (χ0) is 10.0. The van der Waals surface area contributed by atoms with Crippen LogP contribution in [0.2, 0.25) is 5.02 Å². The molecule has 0 spiro atoms. The summed E-state index contributed by atoms with van der Waals surface area (Å²) in [5.74, 6) is -0.491. The molecule has 0 radical (unpaired) electrons. The van der Waals surface area contributed by atoms with Gasteiger partial charge in [-0.2, -0.15) is 0 Å².